The Hall–Kier alpha value is -2.59. The number of ether oxygens (including phenoxy) is 3. The van der Waals surface area contributed by atoms with Crippen molar-refractivity contribution in [1.29, 1.82) is 0 Å². The van der Waals surface area contributed by atoms with Gasteiger partial charge < -0.3 is 29.7 Å². The highest BCUT2D eigenvalue weighted by Crippen LogP contribution is 2.67. The summed E-state index contributed by atoms with van der Waals surface area (Å²) in [5.74, 6) is -2.53. The van der Waals surface area contributed by atoms with Crippen LogP contribution in [0, 0.1) is 16.7 Å². The molecule has 9 heteroatoms. The summed E-state index contributed by atoms with van der Waals surface area (Å²) in [7, 11) is 0. The minimum atomic E-state index is -2.29. The standard InChI is InChI=1S/C33H47NO8/c1-9-30(6)19-23(36)33(39)31(7)24(41-28(38)22(34-10-2)18-21-14-12-11-13-15-21)16-17-29(4,5)26(31)25(37)27(40-20(3)35)32(33,8)42-30/h9,11-15,22,24-27,34,37,39H,1,10,16-19H2,2-8H3/t22?,24-,25-,26-,27-,30-,31-,32+,33-/m0/s1. The van der Waals surface area contributed by atoms with E-state index < -0.39 is 75.6 Å². The van der Waals surface area contributed by atoms with Gasteiger partial charge >= 0.3 is 11.9 Å². The number of ketones is 1. The fourth-order valence-electron chi connectivity index (χ4n) is 8.38. The van der Waals surface area contributed by atoms with Crippen molar-refractivity contribution in [2.75, 3.05) is 6.54 Å². The maximum absolute atomic E-state index is 14.3. The molecule has 0 amide bonds. The van der Waals surface area contributed by atoms with Gasteiger partial charge in [-0.05, 0) is 50.6 Å². The van der Waals surface area contributed by atoms with Crippen molar-refractivity contribution < 1.29 is 38.8 Å². The molecule has 232 valence electrons. The Morgan fingerprint density at radius 3 is 2.38 bits per heavy atom. The van der Waals surface area contributed by atoms with Crippen LogP contribution in [0.3, 0.4) is 0 Å². The van der Waals surface area contributed by atoms with Gasteiger partial charge in [-0.15, -0.1) is 6.58 Å². The van der Waals surface area contributed by atoms with Gasteiger partial charge in [0.05, 0.1) is 11.7 Å². The van der Waals surface area contributed by atoms with Crippen LogP contribution in [0.2, 0.25) is 0 Å². The molecule has 1 unspecified atom stereocenters. The summed E-state index contributed by atoms with van der Waals surface area (Å²) in [6.07, 6.45) is -1.09. The van der Waals surface area contributed by atoms with Gasteiger partial charge in [0.1, 0.15) is 17.7 Å². The normalized spacial score (nSPS) is 39.8. The summed E-state index contributed by atoms with van der Waals surface area (Å²) in [5, 5.41) is 28.1. The average Bonchev–Trinajstić information content (AvgIpc) is 2.91. The van der Waals surface area contributed by atoms with Crippen LogP contribution in [0.5, 0.6) is 0 Å². The SMILES string of the molecule is C=C[C@@]1(C)CC(=O)[C@]2(O)[C@@]3(C)[C@@H](OC(=O)C(Cc4ccccc4)NCC)CCC(C)(C)[C@@H]3[C@H](O)[C@H](OC(C)=O)[C@@]2(C)O1. The molecule has 0 radical (unpaired) electrons. The van der Waals surface area contributed by atoms with Gasteiger partial charge in [-0.3, -0.25) is 14.4 Å². The first-order valence-electron chi connectivity index (χ1n) is 14.9. The van der Waals surface area contributed by atoms with Crippen molar-refractivity contribution in [2.24, 2.45) is 16.7 Å². The number of hydrogen-bond donors (Lipinski definition) is 3. The van der Waals surface area contributed by atoms with Crippen molar-refractivity contribution in [1.82, 2.24) is 5.32 Å². The third-order valence-electron chi connectivity index (χ3n) is 10.3. The second kappa shape index (κ2) is 11.2. The number of carbonyl (C=O) groups is 3. The highest BCUT2D eigenvalue weighted by molar-refractivity contribution is 5.92. The minimum Gasteiger partial charge on any atom is -0.460 e. The molecule has 9 nitrogen and oxygen atoms in total. The highest BCUT2D eigenvalue weighted by Gasteiger charge is 2.82. The zero-order valence-electron chi connectivity index (χ0n) is 25.9. The van der Waals surface area contributed by atoms with Crippen LogP contribution in [-0.2, 0) is 35.0 Å². The van der Waals surface area contributed by atoms with Crippen LogP contribution in [0.25, 0.3) is 0 Å². The number of rotatable bonds is 8. The maximum atomic E-state index is 14.3. The van der Waals surface area contributed by atoms with Crippen molar-refractivity contribution in [3.05, 3.63) is 48.6 Å². The van der Waals surface area contributed by atoms with Crippen LogP contribution in [0.4, 0.5) is 0 Å². The first-order valence-corrected chi connectivity index (χ1v) is 14.9. The van der Waals surface area contributed by atoms with E-state index in [1.54, 1.807) is 13.8 Å². The second-order valence-electron chi connectivity index (χ2n) is 13.6. The lowest BCUT2D eigenvalue weighted by atomic mass is 9.39. The summed E-state index contributed by atoms with van der Waals surface area (Å²) < 4.78 is 18.5. The molecule has 0 aromatic heterocycles. The quantitative estimate of drug-likeness (QED) is 0.311. The molecule has 42 heavy (non-hydrogen) atoms. The van der Waals surface area contributed by atoms with Crippen LogP contribution in [-0.4, -0.2) is 75.6 Å². The molecule has 0 spiro atoms. The number of hydrogen-bond acceptors (Lipinski definition) is 9. The maximum Gasteiger partial charge on any atom is 0.323 e. The lowest BCUT2D eigenvalue weighted by molar-refractivity contribution is -0.370. The first kappa shape index (κ1) is 32.3. The summed E-state index contributed by atoms with van der Waals surface area (Å²) in [5.41, 5.74) is -6.54. The van der Waals surface area contributed by atoms with Gasteiger partial charge in [0.2, 0.25) is 0 Å². The van der Waals surface area contributed by atoms with Gasteiger partial charge in [-0.2, -0.15) is 0 Å². The Morgan fingerprint density at radius 2 is 1.81 bits per heavy atom. The number of aliphatic hydroxyl groups excluding tert-OH is 1. The molecule has 0 bridgehead atoms. The molecule has 3 N–H and O–H groups in total. The van der Waals surface area contributed by atoms with E-state index >= 15 is 0 Å². The zero-order valence-corrected chi connectivity index (χ0v) is 25.9. The lowest BCUT2D eigenvalue weighted by Crippen LogP contribution is -2.87. The Balaban J connectivity index is 1.84. The molecule has 1 aliphatic heterocycles. The summed E-state index contributed by atoms with van der Waals surface area (Å²) >= 11 is 0. The van der Waals surface area contributed by atoms with E-state index in [1.165, 1.54) is 19.9 Å². The van der Waals surface area contributed by atoms with Gasteiger partial charge in [-0.1, -0.05) is 64.1 Å². The van der Waals surface area contributed by atoms with Crippen LogP contribution >= 0.6 is 0 Å². The van der Waals surface area contributed by atoms with Gasteiger partial charge in [0, 0.05) is 24.7 Å². The fraction of sp³-hybridized carbons (Fsp3) is 0.667. The first-order chi connectivity index (χ1) is 19.5. The fourth-order valence-corrected chi connectivity index (χ4v) is 8.38. The molecule has 4 rings (SSSR count). The number of aliphatic hydroxyl groups is 2. The molecule has 2 aliphatic carbocycles. The molecular weight excluding hydrogens is 538 g/mol. The molecular formula is C33H47NO8. The molecule has 2 saturated carbocycles. The van der Waals surface area contributed by atoms with Gasteiger partial charge in [0.15, 0.2) is 17.5 Å². The molecule has 1 aromatic carbocycles. The largest absolute Gasteiger partial charge is 0.460 e. The summed E-state index contributed by atoms with van der Waals surface area (Å²) in [6.45, 7) is 16.3. The van der Waals surface area contributed by atoms with E-state index in [0.29, 0.717) is 25.8 Å². The molecule has 3 aliphatic rings. The lowest BCUT2D eigenvalue weighted by Gasteiger charge is -2.71. The molecule has 9 atom stereocenters. The Kier molecular flexibility index (Phi) is 8.59. The Labute approximate surface area is 249 Å². The van der Waals surface area contributed by atoms with E-state index in [4.69, 9.17) is 14.2 Å². The second-order valence-corrected chi connectivity index (χ2v) is 13.6. The van der Waals surface area contributed by atoms with Crippen molar-refractivity contribution in [3.8, 4) is 0 Å². The van der Waals surface area contributed by atoms with E-state index in [-0.39, 0.29) is 6.42 Å². The van der Waals surface area contributed by atoms with E-state index in [9.17, 15) is 24.6 Å². The smallest absolute Gasteiger partial charge is 0.323 e. The van der Waals surface area contributed by atoms with E-state index in [1.807, 2.05) is 51.1 Å². The number of carbonyl (C=O) groups excluding carboxylic acids is 3. The molecule has 1 aromatic rings. The average molecular weight is 586 g/mol. The number of Topliss-reactive ketones (excluding diaryl/α,β-unsaturated/α-hetero) is 1. The summed E-state index contributed by atoms with van der Waals surface area (Å²) in [6, 6.07) is 8.93. The number of esters is 2. The van der Waals surface area contributed by atoms with Crippen molar-refractivity contribution >= 4 is 17.7 Å². The van der Waals surface area contributed by atoms with Crippen molar-refractivity contribution in [3.63, 3.8) is 0 Å². The van der Waals surface area contributed by atoms with E-state index in [2.05, 4.69) is 11.9 Å². The monoisotopic (exact) mass is 585 g/mol. The van der Waals surface area contributed by atoms with Crippen LogP contribution < -0.4 is 5.32 Å². The predicted molar refractivity (Wildman–Crippen MR) is 156 cm³/mol. The molecule has 1 saturated heterocycles. The topological polar surface area (TPSA) is 131 Å². The van der Waals surface area contributed by atoms with E-state index in [0.717, 1.165) is 5.56 Å². The van der Waals surface area contributed by atoms with Crippen molar-refractivity contribution in [2.45, 2.75) is 115 Å². The summed E-state index contributed by atoms with van der Waals surface area (Å²) in [4.78, 5) is 40.5. The molecule has 1 heterocycles. The Bertz CT molecular complexity index is 1220. The molecule has 3 fully saturated rings. The highest BCUT2D eigenvalue weighted by atomic mass is 16.6. The zero-order chi connectivity index (χ0) is 31.3. The number of nitrogens with one attached hydrogen (secondary N) is 1. The minimum absolute atomic E-state index is 0.192. The van der Waals surface area contributed by atoms with Crippen LogP contribution in [0.1, 0.15) is 73.3 Å². The Morgan fingerprint density at radius 1 is 1.17 bits per heavy atom. The van der Waals surface area contributed by atoms with Gasteiger partial charge in [-0.25, -0.2) is 0 Å². The third kappa shape index (κ3) is 4.92. The predicted octanol–water partition coefficient (Wildman–Crippen LogP) is 3.29. The van der Waals surface area contributed by atoms with Gasteiger partial charge in [0.25, 0.3) is 0 Å². The van der Waals surface area contributed by atoms with Crippen LogP contribution in [0.15, 0.2) is 43.0 Å². The number of benzene rings is 1. The third-order valence-corrected chi connectivity index (χ3v) is 10.3. The number of likely N-dealkylation sites (N-methyl/N-ethyl adjacent to an activating group) is 1. The number of fused-ring (bicyclic) bond motifs is 3.